The molecule has 0 fully saturated rings. The van der Waals surface area contributed by atoms with Gasteiger partial charge in [0.1, 0.15) is 5.82 Å². The topological polar surface area (TPSA) is 29.1 Å². The Morgan fingerprint density at radius 3 is 2.50 bits per heavy atom. The molecule has 20 heavy (non-hydrogen) atoms. The first kappa shape index (κ1) is 14.8. The van der Waals surface area contributed by atoms with Crippen molar-refractivity contribution in [2.45, 2.75) is 25.8 Å². The summed E-state index contributed by atoms with van der Waals surface area (Å²) in [5.74, 6) is -0.229. The highest BCUT2D eigenvalue weighted by atomic mass is 35.5. The molecule has 0 aliphatic carbocycles. The highest BCUT2D eigenvalue weighted by Crippen LogP contribution is 2.23. The molecule has 0 saturated carbocycles. The number of hydrogen-bond donors (Lipinski definition) is 1. The summed E-state index contributed by atoms with van der Waals surface area (Å²) in [5.41, 5.74) is 0.000464. The van der Waals surface area contributed by atoms with Crippen LogP contribution in [0.3, 0.4) is 0 Å². The van der Waals surface area contributed by atoms with E-state index in [-0.39, 0.29) is 11.7 Å². The fourth-order valence-electron chi connectivity index (χ4n) is 2.02. The first-order valence-corrected chi connectivity index (χ1v) is 7.10. The Balaban J connectivity index is 2.43. The average Bonchev–Trinajstić information content (AvgIpc) is 2.47. The third-order valence-electron chi connectivity index (χ3n) is 3.61. The molecule has 1 amide bonds. The lowest BCUT2D eigenvalue weighted by Crippen LogP contribution is -2.47. The van der Waals surface area contributed by atoms with Gasteiger partial charge in [0.25, 0.3) is 5.91 Å². The van der Waals surface area contributed by atoms with E-state index in [9.17, 15) is 9.18 Å². The van der Waals surface area contributed by atoms with Crippen molar-refractivity contribution in [3.63, 3.8) is 0 Å². The smallest absolute Gasteiger partial charge is 0.252 e. The van der Waals surface area contributed by atoms with Crippen LogP contribution in [0.1, 0.15) is 30.6 Å². The molecule has 0 radical (unpaired) electrons. The minimum absolute atomic E-state index is 0.230. The van der Waals surface area contributed by atoms with Gasteiger partial charge in [-0.15, -0.1) is 11.6 Å². The number of fused-ring (bicyclic) bond motifs is 1. The third kappa shape index (κ3) is 2.78. The monoisotopic (exact) mass is 293 g/mol. The Labute approximate surface area is 122 Å². The van der Waals surface area contributed by atoms with E-state index in [4.69, 9.17) is 11.6 Å². The number of hydrogen-bond acceptors (Lipinski definition) is 1. The van der Waals surface area contributed by atoms with E-state index < -0.39 is 5.54 Å². The zero-order valence-corrected chi connectivity index (χ0v) is 12.3. The molecule has 0 saturated heterocycles. The Hall–Kier alpha value is -1.61. The fraction of sp³-hybridized carbons (Fsp3) is 0.312. The predicted octanol–water partition coefficient (Wildman–Crippen LogP) is 4.12. The molecule has 0 spiro atoms. The standard InChI is InChI=1S/C16H17ClFNO/c1-3-16(2,10-17)19-15(20)13-8-9-14(18)12-7-5-4-6-11(12)13/h4-9H,3,10H2,1-2H3,(H,19,20). The van der Waals surface area contributed by atoms with Crippen molar-refractivity contribution in [1.82, 2.24) is 5.32 Å². The summed E-state index contributed by atoms with van der Waals surface area (Å²) >= 11 is 5.91. The Kier molecular flexibility index (Phi) is 4.29. The Morgan fingerprint density at radius 1 is 1.25 bits per heavy atom. The molecule has 0 aromatic heterocycles. The number of carbonyl (C=O) groups excluding carboxylic acids is 1. The Bertz CT molecular complexity index is 637. The lowest BCUT2D eigenvalue weighted by molar-refractivity contribution is 0.0914. The molecule has 4 heteroatoms. The molecule has 2 aromatic rings. The second-order valence-corrected chi connectivity index (χ2v) is 5.41. The number of benzene rings is 2. The number of rotatable bonds is 4. The molecule has 0 heterocycles. The normalized spacial score (nSPS) is 14.0. The average molecular weight is 294 g/mol. The highest BCUT2D eigenvalue weighted by molar-refractivity contribution is 6.19. The quantitative estimate of drug-likeness (QED) is 0.844. The van der Waals surface area contributed by atoms with Crippen LogP contribution in [-0.4, -0.2) is 17.3 Å². The minimum Gasteiger partial charge on any atom is -0.346 e. The van der Waals surface area contributed by atoms with Crippen LogP contribution in [0.4, 0.5) is 4.39 Å². The molecule has 2 aromatic carbocycles. The van der Waals surface area contributed by atoms with Gasteiger partial charge >= 0.3 is 0 Å². The van der Waals surface area contributed by atoms with E-state index in [1.807, 2.05) is 13.8 Å². The van der Waals surface area contributed by atoms with Crippen molar-refractivity contribution in [2.75, 3.05) is 5.88 Å². The van der Waals surface area contributed by atoms with Crippen molar-refractivity contribution >= 4 is 28.3 Å². The van der Waals surface area contributed by atoms with E-state index in [1.165, 1.54) is 12.1 Å². The SMILES string of the molecule is CCC(C)(CCl)NC(=O)c1ccc(F)c2ccccc12. The second-order valence-electron chi connectivity index (χ2n) is 5.14. The molecule has 1 N–H and O–H groups in total. The zero-order chi connectivity index (χ0) is 14.8. The molecular formula is C16H17ClFNO. The van der Waals surface area contributed by atoms with Crippen molar-refractivity contribution in [2.24, 2.45) is 0 Å². The van der Waals surface area contributed by atoms with E-state index in [0.29, 0.717) is 22.2 Å². The minimum atomic E-state index is -0.464. The molecule has 2 rings (SSSR count). The van der Waals surface area contributed by atoms with Crippen LogP contribution in [0.25, 0.3) is 10.8 Å². The van der Waals surface area contributed by atoms with Crippen LogP contribution in [0.5, 0.6) is 0 Å². The summed E-state index contributed by atoms with van der Waals surface area (Å²) in [6.07, 6.45) is 0.724. The van der Waals surface area contributed by atoms with Gasteiger partial charge in [0.15, 0.2) is 0 Å². The maximum Gasteiger partial charge on any atom is 0.252 e. The first-order chi connectivity index (χ1) is 9.50. The van der Waals surface area contributed by atoms with E-state index in [2.05, 4.69) is 5.32 Å². The maximum atomic E-state index is 13.7. The molecule has 1 unspecified atom stereocenters. The predicted molar refractivity (Wildman–Crippen MR) is 80.8 cm³/mol. The van der Waals surface area contributed by atoms with Crippen molar-refractivity contribution in [3.05, 3.63) is 47.8 Å². The summed E-state index contributed by atoms with van der Waals surface area (Å²) in [5, 5.41) is 3.98. The van der Waals surface area contributed by atoms with E-state index in [1.54, 1.807) is 24.3 Å². The molecule has 0 aliphatic rings. The second kappa shape index (κ2) is 5.80. The van der Waals surface area contributed by atoms with Crippen LogP contribution >= 0.6 is 11.6 Å². The Morgan fingerprint density at radius 2 is 1.90 bits per heavy atom. The van der Waals surface area contributed by atoms with Crippen LogP contribution < -0.4 is 5.32 Å². The molecule has 2 nitrogen and oxygen atoms in total. The van der Waals surface area contributed by atoms with Crippen LogP contribution in [0.15, 0.2) is 36.4 Å². The lowest BCUT2D eigenvalue weighted by atomic mass is 9.99. The van der Waals surface area contributed by atoms with Gasteiger partial charge in [-0.2, -0.15) is 0 Å². The number of nitrogens with one attached hydrogen (secondary N) is 1. The summed E-state index contributed by atoms with van der Waals surface area (Å²) in [7, 11) is 0. The van der Waals surface area contributed by atoms with Crippen molar-refractivity contribution in [3.8, 4) is 0 Å². The van der Waals surface area contributed by atoms with Crippen molar-refractivity contribution < 1.29 is 9.18 Å². The van der Waals surface area contributed by atoms with Crippen LogP contribution in [0, 0.1) is 5.82 Å². The summed E-state index contributed by atoms with van der Waals surface area (Å²) in [4.78, 5) is 12.4. The molecule has 0 aliphatic heterocycles. The molecule has 0 bridgehead atoms. The van der Waals surface area contributed by atoms with E-state index in [0.717, 1.165) is 6.42 Å². The zero-order valence-electron chi connectivity index (χ0n) is 11.5. The molecule has 106 valence electrons. The largest absolute Gasteiger partial charge is 0.346 e. The lowest BCUT2D eigenvalue weighted by Gasteiger charge is -2.27. The summed E-state index contributed by atoms with van der Waals surface area (Å²) in [6.45, 7) is 3.86. The molecule has 1 atom stereocenters. The third-order valence-corrected chi connectivity index (χ3v) is 4.20. The number of alkyl halides is 1. The number of halogens is 2. The highest BCUT2D eigenvalue weighted by Gasteiger charge is 2.24. The van der Waals surface area contributed by atoms with Gasteiger partial charge in [0, 0.05) is 16.8 Å². The number of carbonyl (C=O) groups is 1. The van der Waals surface area contributed by atoms with E-state index >= 15 is 0 Å². The van der Waals surface area contributed by atoms with Crippen LogP contribution in [-0.2, 0) is 0 Å². The summed E-state index contributed by atoms with van der Waals surface area (Å²) < 4.78 is 13.7. The van der Waals surface area contributed by atoms with Gasteiger partial charge in [0.05, 0.1) is 5.54 Å². The van der Waals surface area contributed by atoms with Gasteiger partial charge in [0.2, 0.25) is 0 Å². The van der Waals surface area contributed by atoms with Gasteiger partial charge in [-0.05, 0) is 30.9 Å². The first-order valence-electron chi connectivity index (χ1n) is 6.56. The molecular weight excluding hydrogens is 277 g/mol. The van der Waals surface area contributed by atoms with Gasteiger partial charge in [-0.1, -0.05) is 31.2 Å². The number of amides is 1. The summed E-state index contributed by atoms with van der Waals surface area (Å²) in [6, 6.07) is 9.79. The fourth-order valence-corrected chi connectivity index (χ4v) is 2.27. The maximum absolute atomic E-state index is 13.7. The van der Waals surface area contributed by atoms with Gasteiger partial charge < -0.3 is 5.32 Å². The van der Waals surface area contributed by atoms with Gasteiger partial charge in [-0.25, -0.2) is 4.39 Å². The van der Waals surface area contributed by atoms with Crippen LogP contribution in [0.2, 0.25) is 0 Å². The van der Waals surface area contributed by atoms with Crippen molar-refractivity contribution in [1.29, 1.82) is 0 Å². The van der Waals surface area contributed by atoms with Gasteiger partial charge in [-0.3, -0.25) is 4.79 Å².